The smallest absolute Gasteiger partial charge is 0.320 e. The summed E-state index contributed by atoms with van der Waals surface area (Å²) in [5, 5.41) is 6.31. The monoisotopic (exact) mass is 413 g/mol. The Morgan fingerprint density at radius 3 is 2.71 bits per heavy atom. The number of methoxy groups -OCH3 is 1. The Morgan fingerprint density at radius 2 is 2.00 bits per heavy atom. The van der Waals surface area contributed by atoms with E-state index in [1.165, 1.54) is 18.9 Å². The Bertz CT molecular complexity index is 970. The predicted molar refractivity (Wildman–Crippen MR) is 111 cm³/mol. The highest BCUT2D eigenvalue weighted by Crippen LogP contribution is 2.30. The Balaban J connectivity index is 1.69. The van der Waals surface area contributed by atoms with Crippen LogP contribution in [0.3, 0.4) is 0 Å². The lowest BCUT2D eigenvalue weighted by Crippen LogP contribution is -2.45. The fraction of sp³-hybridized carbons (Fsp3) is 0.250. The van der Waals surface area contributed by atoms with Crippen LogP contribution in [-0.2, 0) is 9.53 Å². The summed E-state index contributed by atoms with van der Waals surface area (Å²) in [6, 6.07) is 13.6. The lowest BCUT2D eigenvalue weighted by atomic mass is 10.2. The van der Waals surface area contributed by atoms with E-state index >= 15 is 0 Å². The molecule has 0 aliphatic carbocycles. The number of hydrogen-bond donors (Lipinski definition) is 0. The highest BCUT2D eigenvalue weighted by atomic mass is 32.2. The average molecular weight is 414 g/mol. The van der Waals surface area contributed by atoms with Gasteiger partial charge in [-0.2, -0.15) is 5.10 Å². The summed E-state index contributed by atoms with van der Waals surface area (Å²) in [7, 11) is 1.38. The van der Waals surface area contributed by atoms with Crippen molar-refractivity contribution in [1.29, 1.82) is 0 Å². The van der Waals surface area contributed by atoms with Crippen molar-refractivity contribution in [2.45, 2.75) is 5.25 Å². The van der Waals surface area contributed by atoms with Crippen LogP contribution in [0.5, 0.6) is 0 Å². The van der Waals surface area contributed by atoms with E-state index in [9.17, 15) is 9.59 Å². The Labute approximate surface area is 171 Å². The van der Waals surface area contributed by atoms with Gasteiger partial charge in [0.05, 0.1) is 23.2 Å². The largest absolute Gasteiger partial charge is 0.468 e. The molecule has 0 N–H and O–H groups in total. The van der Waals surface area contributed by atoms with Gasteiger partial charge < -0.3 is 9.64 Å². The number of aromatic nitrogens is 2. The van der Waals surface area contributed by atoms with Crippen LogP contribution in [0.2, 0.25) is 0 Å². The second-order valence-electron chi connectivity index (χ2n) is 6.28. The van der Waals surface area contributed by atoms with Crippen molar-refractivity contribution in [2.24, 2.45) is 0 Å². The number of esters is 1. The maximum Gasteiger partial charge on any atom is 0.320 e. The normalized spacial score (nSPS) is 16.8. The van der Waals surface area contributed by atoms with Gasteiger partial charge in [0.15, 0.2) is 0 Å². The zero-order chi connectivity index (χ0) is 19.5. The third-order valence-electron chi connectivity index (χ3n) is 4.54. The lowest BCUT2D eigenvalue weighted by molar-refractivity contribution is -0.140. The number of hydrogen-bond acceptors (Lipinski definition) is 6. The van der Waals surface area contributed by atoms with Gasteiger partial charge in [-0.25, -0.2) is 4.68 Å². The van der Waals surface area contributed by atoms with Crippen molar-refractivity contribution < 1.29 is 14.3 Å². The second-order valence-corrected chi connectivity index (χ2v) is 8.54. The number of carbonyl (C=O) groups is 2. The molecular formula is C20H19N3O3S2. The molecule has 4 rings (SSSR count). The number of nitrogens with zero attached hydrogens (tertiary/aromatic N) is 3. The van der Waals surface area contributed by atoms with E-state index in [0.29, 0.717) is 30.1 Å². The van der Waals surface area contributed by atoms with Gasteiger partial charge in [0.25, 0.3) is 5.91 Å². The van der Waals surface area contributed by atoms with E-state index in [1.807, 2.05) is 47.8 Å². The van der Waals surface area contributed by atoms with E-state index in [2.05, 4.69) is 0 Å². The van der Waals surface area contributed by atoms with Gasteiger partial charge in [0.2, 0.25) is 0 Å². The third kappa shape index (κ3) is 3.70. The Morgan fingerprint density at radius 1 is 1.18 bits per heavy atom. The zero-order valence-electron chi connectivity index (χ0n) is 15.3. The minimum atomic E-state index is -0.350. The molecule has 0 saturated carbocycles. The molecular weight excluding hydrogens is 394 g/mol. The number of rotatable bonds is 4. The van der Waals surface area contributed by atoms with Crippen LogP contribution >= 0.6 is 23.1 Å². The molecule has 1 aliphatic heterocycles. The second kappa shape index (κ2) is 8.20. The van der Waals surface area contributed by atoms with Crippen molar-refractivity contribution >= 4 is 35.0 Å². The molecule has 1 atom stereocenters. The van der Waals surface area contributed by atoms with E-state index in [4.69, 9.17) is 9.84 Å². The zero-order valence-corrected chi connectivity index (χ0v) is 16.9. The molecule has 1 amide bonds. The third-order valence-corrected chi connectivity index (χ3v) is 6.58. The van der Waals surface area contributed by atoms with Gasteiger partial charge in [0, 0.05) is 25.0 Å². The summed E-state index contributed by atoms with van der Waals surface area (Å²) in [5.41, 5.74) is 2.10. The molecule has 144 valence electrons. The van der Waals surface area contributed by atoms with E-state index in [1.54, 1.807) is 27.1 Å². The van der Waals surface area contributed by atoms with Crippen LogP contribution in [0.15, 0.2) is 54.0 Å². The van der Waals surface area contributed by atoms with Crippen LogP contribution in [-0.4, -0.2) is 57.8 Å². The summed E-state index contributed by atoms with van der Waals surface area (Å²) in [6.07, 6.45) is 1.78. The molecule has 0 bridgehead atoms. The first-order valence-corrected chi connectivity index (χ1v) is 10.8. The predicted octanol–water partition coefficient (Wildman–Crippen LogP) is 3.33. The van der Waals surface area contributed by atoms with Crippen molar-refractivity contribution in [2.75, 3.05) is 26.0 Å². The minimum Gasteiger partial charge on any atom is -0.468 e. The van der Waals surface area contributed by atoms with Gasteiger partial charge in [-0.05, 0) is 23.6 Å². The highest BCUT2D eigenvalue weighted by Gasteiger charge is 2.32. The SMILES string of the molecule is COC(=O)[C@H]1CN(C(=O)c2cn(-c3ccccc3)nc2-c2cccs2)CCS1. The molecule has 28 heavy (non-hydrogen) atoms. The number of benzene rings is 1. The van der Waals surface area contributed by atoms with Crippen LogP contribution in [0.25, 0.3) is 16.3 Å². The molecule has 1 aliphatic rings. The first-order chi connectivity index (χ1) is 13.7. The van der Waals surface area contributed by atoms with E-state index in [0.717, 1.165) is 10.6 Å². The van der Waals surface area contributed by atoms with Gasteiger partial charge in [-0.15, -0.1) is 23.1 Å². The maximum atomic E-state index is 13.3. The van der Waals surface area contributed by atoms with Gasteiger partial charge in [-0.1, -0.05) is 24.3 Å². The Kier molecular flexibility index (Phi) is 5.50. The fourth-order valence-electron chi connectivity index (χ4n) is 3.12. The highest BCUT2D eigenvalue weighted by molar-refractivity contribution is 8.00. The molecule has 0 unspecified atom stereocenters. The van der Waals surface area contributed by atoms with Crippen molar-refractivity contribution in [1.82, 2.24) is 14.7 Å². The molecule has 3 heterocycles. The molecule has 0 spiro atoms. The number of ether oxygens (including phenoxy) is 1. The van der Waals surface area contributed by atoms with Gasteiger partial charge in [-0.3, -0.25) is 9.59 Å². The van der Waals surface area contributed by atoms with Gasteiger partial charge in [0.1, 0.15) is 10.9 Å². The summed E-state index contributed by atoms with van der Waals surface area (Å²) in [4.78, 5) is 27.9. The topological polar surface area (TPSA) is 64.4 Å². The molecule has 6 nitrogen and oxygen atoms in total. The number of thioether (sulfide) groups is 1. The molecule has 1 fully saturated rings. The number of thiophene rings is 1. The van der Waals surface area contributed by atoms with Gasteiger partial charge >= 0.3 is 5.97 Å². The van der Waals surface area contributed by atoms with Crippen molar-refractivity contribution in [3.63, 3.8) is 0 Å². The van der Waals surface area contributed by atoms with E-state index in [-0.39, 0.29) is 17.1 Å². The lowest BCUT2D eigenvalue weighted by Gasteiger charge is -2.30. The van der Waals surface area contributed by atoms with E-state index < -0.39 is 0 Å². The fourth-order valence-corrected chi connectivity index (χ4v) is 4.97. The average Bonchev–Trinajstić information content (AvgIpc) is 3.43. The number of para-hydroxylation sites is 1. The van der Waals surface area contributed by atoms with Crippen molar-refractivity contribution in [3.8, 4) is 16.3 Å². The summed E-state index contributed by atoms with van der Waals surface area (Å²) in [6.45, 7) is 0.938. The van der Waals surface area contributed by atoms with Crippen LogP contribution in [0.4, 0.5) is 0 Å². The maximum absolute atomic E-state index is 13.3. The van der Waals surface area contributed by atoms with Crippen LogP contribution in [0.1, 0.15) is 10.4 Å². The molecule has 1 aromatic carbocycles. The molecule has 3 aromatic rings. The molecule has 2 aromatic heterocycles. The van der Waals surface area contributed by atoms with Crippen LogP contribution in [0, 0.1) is 0 Å². The molecule has 0 radical (unpaired) electrons. The summed E-state index contributed by atoms with van der Waals surface area (Å²) in [5.74, 6) is 0.299. The summed E-state index contributed by atoms with van der Waals surface area (Å²) < 4.78 is 6.59. The molecule has 8 heteroatoms. The number of amides is 1. The summed E-state index contributed by atoms with van der Waals surface area (Å²) >= 11 is 3.08. The standard InChI is InChI=1S/C20H19N3O3S2/c1-26-20(25)17-13-22(9-11-28-17)19(24)15-12-23(14-6-3-2-4-7-14)21-18(15)16-8-5-10-27-16/h2-8,10,12,17H,9,11,13H2,1H3/t17-/m1/s1. The first-order valence-electron chi connectivity index (χ1n) is 8.85. The Hall–Kier alpha value is -2.58. The number of carbonyl (C=O) groups excluding carboxylic acids is 2. The molecule has 1 saturated heterocycles. The minimum absolute atomic E-state index is 0.111. The van der Waals surface area contributed by atoms with Crippen molar-refractivity contribution in [3.05, 3.63) is 59.6 Å². The van der Waals surface area contributed by atoms with Crippen LogP contribution < -0.4 is 0 Å². The quantitative estimate of drug-likeness (QED) is 0.614. The first kappa shape index (κ1) is 18.8.